The number of benzene rings is 4. The third-order valence-electron chi connectivity index (χ3n) is 5.48. The molecule has 1 amide bonds. The van der Waals surface area contributed by atoms with Crippen molar-refractivity contribution in [2.45, 2.75) is 19.4 Å². The first-order valence-electron chi connectivity index (χ1n) is 10.6. The lowest BCUT2D eigenvalue weighted by molar-refractivity contribution is -0.129. The second-order valence-corrected chi connectivity index (χ2v) is 7.85. The molecule has 3 heteroatoms. The SMILES string of the molecule is CN(CCc1ccccc1)C(=O)Cc1cccc(OCc2ccc3ccccc3c2)c1. The van der Waals surface area contributed by atoms with Gasteiger partial charge in [0.25, 0.3) is 0 Å². The predicted molar refractivity (Wildman–Crippen MR) is 126 cm³/mol. The van der Waals surface area contributed by atoms with Gasteiger partial charge in [0.05, 0.1) is 6.42 Å². The van der Waals surface area contributed by atoms with Gasteiger partial charge in [0.15, 0.2) is 0 Å². The minimum atomic E-state index is 0.114. The van der Waals surface area contributed by atoms with E-state index in [1.54, 1.807) is 4.90 Å². The molecule has 4 rings (SSSR count). The molecule has 0 bridgehead atoms. The van der Waals surface area contributed by atoms with Gasteiger partial charge in [-0.1, -0.05) is 78.9 Å². The monoisotopic (exact) mass is 409 g/mol. The van der Waals surface area contributed by atoms with Crippen molar-refractivity contribution in [3.8, 4) is 5.75 Å². The van der Waals surface area contributed by atoms with Crippen LogP contribution in [-0.4, -0.2) is 24.4 Å². The summed E-state index contributed by atoms with van der Waals surface area (Å²) in [6, 6.07) is 32.8. The molecule has 0 fully saturated rings. The van der Waals surface area contributed by atoms with Crippen LogP contribution < -0.4 is 4.74 Å². The van der Waals surface area contributed by atoms with Gasteiger partial charge in [0.2, 0.25) is 5.91 Å². The molecule has 0 aliphatic rings. The predicted octanol–water partition coefficient (Wildman–Crippen LogP) is 5.66. The number of hydrogen-bond acceptors (Lipinski definition) is 2. The van der Waals surface area contributed by atoms with Crippen LogP contribution in [0.5, 0.6) is 5.75 Å². The third kappa shape index (κ3) is 5.73. The zero-order valence-electron chi connectivity index (χ0n) is 17.8. The number of ether oxygens (including phenoxy) is 1. The quantitative estimate of drug-likeness (QED) is 0.376. The van der Waals surface area contributed by atoms with Crippen LogP contribution >= 0.6 is 0 Å². The van der Waals surface area contributed by atoms with Crippen molar-refractivity contribution in [2.75, 3.05) is 13.6 Å². The van der Waals surface area contributed by atoms with E-state index in [-0.39, 0.29) is 5.91 Å². The minimum Gasteiger partial charge on any atom is -0.489 e. The lowest BCUT2D eigenvalue weighted by Gasteiger charge is -2.17. The van der Waals surface area contributed by atoms with E-state index in [0.717, 1.165) is 23.3 Å². The Bertz CT molecular complexity index is 1150. The van der Waals surface area contributed by atoms with E-state index < -0.39 is 0 Å². The van der Waals surface area contributed by atoms with E-state index in [1.807, 2.05) is 61.6 Å². The first-order valence-corrected chi connectivity index (χ1v) is 10.6. The molecular weight excluding hydrogens is 382 g/mol. The molecule has 4 aromatic rings. The average Bonchev–Trinajstić information content (AvgIpc) is 2.82. The average molecular weight is 410 g/mol. The van der Waals surface area contributed by atoms with Crippen molar-refractivity contribution >= 4 is 16.7 Å². The van der Waals surface area contributed by atoms with Gasteiger partial charge >= 0.3 is 0 Å². The van der Waals surface area contributed by atoms with Gasteiger partial charge in [-0.3, -0.25) is 4.79 Å². The largest absolute Gasteiger partial charge is 0.489 e. The molecule has 4 aromatic carbocycles. The van der Waals surface area contributed by atoms with Crippen molar-refractivity contribution in [1.82, 2.24) is 4.90 Å². The molecule has 0 radical (unpaired) electrons. The van der Waals surface area contributed by atoms with Crippen molar-refractivity contribution in [3.05, 3.63) is 114 Å². The van der Waals surface area contributed by atoms with Gasteiger partial charge in [0.1, 0.15) is 12.4 Å². The number of likely N-dealkylation sites (N-methyl/N-ethyl adjacent to an activating group) is 1. The number of nitrogens with zero attached hydrogens (tertiary/aromatic N) is 1. The fourth-order valence-electron chi connectivity index (χ4n) is 3.62. The molecule has 0 saturated heterocycles. The first kappa shape index (κ1) is 20.7. The Balaban J connectivity index is 1.32. The van der Waals surface area contributed by atoms with Crippen molar-refractivity contribution < 1.29 is 9.53 Å². The Morgan fingerprint density at radius 1 is 0.742 bits per heavy atom. The third-order valence-corrected chi connectivity index (χ3v) is 5.48. The van der Waals surface area contributed by atoms with Crippen LogP contribution in [-0.2, 0) is 24.2 Å². The Labute approximate surface area is 183 Å². The smallest absolute Gasteiger partial charge is 0.226 e. The molecule has 3 nitrogen and oxygen atoms in total. The summed E-state index contributed by atoms with van der Waals surface area (Å²) in [7, 11) is 1.87. The molecule has 0 aromatic heterocycles. The summed E-state index contributed by atoms with van der Waals surface area (Å²) in [4.78, 5) is 14.4. The van der Waals surface area contributed by atoms with Crippen LogP contribution in [0.15, 0.2) is 97.1 Å². The number of carbonyl (C=O) groups excluding carboxylic acids is 1. The molecule has 0 spiro atoms. The Hall–Kier alpha value is -3.59. The Morgan fingerprint density at radius 2 is 1.48 bits per heavy atom. The number of amides is 1. The lowest BCUT2D eigenvalue weighted by atomic mass is 10.1. The Kier molecular flexibility index (Phi) is 6.63. The maximum Gasteiger partial charge on any atom is 0.226 e. The van der Waals surface area contributed by atoms with Crippen molar-refractivity contribution in [2.24, 2.45) is 0 Å². The normalized spacial score (nSPS) is 10.7. The standard InChI is InChI=1S/C28H27NO2/c1-29(17-16-22-8-3-2-4-9-22)28(30)20-23-10-7-13-27(19-23)31-21-24-14-15-25-11-5-6-12-26(25)18-24/h2-15,18-19H,16-17,20-21H2,1H3. The fourth-order valence-corrected chi connectivity index (χ4v) is 3.62. The van der Waals surface area contributed by atoms with E-state index in [9.17, 15) is 4.79 Å². The molecule has 0 unspecified atom stereocenters. The summed E-state index contributed by atoms with van der Waals surface area (Å²) < 4.78 is 6.00. The van der Waals surface area contributed by atoms with E-state index in [2.05, 4.69) is 42.5 Å². The summed E-state index contributed by atoms with van der Waals surface area (Å²) in [5.41, 5.74) is 3.33. The van der Waals surface area contributed by atoms with Crippen LogP contribution in [0.2, 0.25) is 0 Å². The lowest BCUT2D eigenvalue weighted by Crippen LogP contribution is -2.30. The summed E-state index contributed by atoms with van der Waals surface area (Å²) in [5, 5.41) is 2.43. The molecule has 0 atom stereocenters. The van der Waals surface area contributed by atoms with Gasteiger partial charge < -0.3 is 9.64 Å². The summed E-state index contributed by atoms with van der Waals surface area (Å²) in [6.45, 7) is 1.21. The zero-order valence-corrected chi connectivity index (χ0v) is 17.8. The van der Waals surface area contributed by atoms with Gasteiger partial charge in [-0.05, 0) is 52.1 Å². The van der Waals surface area contributed by atoms with Crippen LogP contribution in [0.25, 0.3) is 10.8 Å². The summed E-state index contributed by atoms with van der Waals surface area (Å²) in [5.74, 6) is 0.896. The minimum absolute atomic E-state index is 0.114. The molecule has 0 heterocycles. The van der Waals surface area contributed by atoms with E-state index in [1.165, 1.54) is 16.3 Å². The highest BCUT2D eigenvalue weighted by Crippen LogP contribution is 2.19. The maximum atomic E-state index is 12.6. The molecule has 0 aliphatic heterocycles. The van der Waals surface area contributed by atoms with Crippen molar-refractivity contribution in [1.29, 1.82) is 0 Å². The number of carbonyl (C=O) groups is 1. The molecular formula is C28H27NO2. The van der Waals surface area contributed by atoms with Gasteiger partial charge in [-0.25, -0.2) is 0 Å². The fraction of sp³-hybridized carbons (Fsp3) is 0.179. The summed E-state index contributed by atoms with van der Waals surface area (Å²) in [6.07, 6.45) is 1.23. The number of hydrogen-bond donors (Lipinski definition) is 0. The van der Waals surface area contributed by atoms with E-state index in [4.69, 9.17) is 4.74 Å². The van der Waals surface area contributed by atoms with Gasteiger partial charge in [-0.15, -0.1) is 0 Å². The van der Waals surface area contributed by atoms with Gasteiger partial charge in [-0.2, -0.15) is 0 Å². The van der Waals surface area contributed by atoms with Crippen LogP contribution in [0.4, 0.5) is 0 Å². The molecule has 31 heavy (non-hydrogen) atoms. The highest BCUT2D eigenvalue weighted by Gasteiger charge is 2.10. The zero-order chi connectivity index (χ0) is 21.5. The molecule has 0 N–H and O–H groups in total. The highest BCUT2D eigenvalue weighted by atomic mass is 16.5. The topological polar surface area (TPSA) is 29.5 Å². The second-order valence-electron chi connectivity index (χ2n) is 7.85. The second kappa shape index (κ2) is 9.94. The maximum absolute atomic E-state index is 12.6. The molecule has 156 valence electrons. The van der Waals surface area contributed by atoms with Crippen LogP contribution in [0, 0.1) is 0 Å². The molecule has 0 saturated carbocycles. The van der Waals surface area contributed by atoms with E-state index >= 15 is 0 Å². The van der Waals surface area contributed by atoms with Crippen molar-refractivity contribution in [3.63, 3.8) is 0 Å². The number of fused-ring (bicyclic) bond motifs is 1. The number of rotatable bonds is 8. The first-order chi connectivity index (χ1) is 15.2. The summed E-state index contributed by atoms with van der Waals surface area (Å²) >= 11 is 0. The van der Waals surface area contributed by atoms with E-state index in [0.29, 0.717) is 19.6 Å². The Morgan fingerprint density at radius 3 is 2.32 bits per heavy atom. The highest BCUT2D eigenvalue weighted by molar-refractivity contribution is 5.83. The van der Waals surface area contributed by atoms with Crippen LogP contribution in [0.3, 0.4) is 0 Å². The van der Waals surface area contributed by atoms with Gasteiger partial charge in [0, 0.05) is 13.6 Å². The van der Waals surface area contributed by atoms with Crippen LogP contribution in [0.1, 0.15) is 16.7 Å². The molecule has 0 aliphatic carbocycles.